The number of halogens is 3. The predicted octanol–water partition coefficient (Wildman–Crippen LogP) is 4.50. The van der Waals surface area contributed by atoms with Gasteiger partial charge in [-0.25, -0.2) is 4.79 Å². The lowest BCUT2D eigenvalue weighted by molar-refractivity contribution is 0.0688. The monoisotopic (exact) mass is 439 g/mol. The van der Waals surface area contributed by atoms with Gasteiger partial charge in [0.25, 0.3) is 0 Å². The van der Waals surface area contributed by atoms with Gasteiger partial charge in [0.05, 0.1) is 5.69 Å². The molecule has 0 bridgehead atoms. The van der Waals surface area contributed by atoms with E-state index < -0.39 is 5.97 Å². The highest BCUT2D eigenvalue weighted by molar-refractivity contribution is 14.1. The number of aromatic carboxylic acids is 1. The van der Waals surface area contributed by atoms with E-state index in [2.05, 4.69) is 38.5 Å². The maximum absolute atomic E-state index is 11.2. The first-order valence-electron chi connectivity index (χ1n) is 4.97. The zero-order valence-electron chi connectivity index (χ0n) is 9.25. The normalized spacial score (nSPS) is 10.7. The molecule has 0 radical (unpaired) electrons. The summed E-state index contributed by atoms with van der Waals surface area (Å²) >= 11 is 11.6. The standard InChI is InChI=1S/C12H8BrClINO2/c1-6-2-8(13)10(4-9(6)14)16-5-7(15)3-11(16)12(17)18/h2-5H,1H3,(H,17,18). The van der Waals surface area contributed by atoms with Crippen LogP contribution in [0, 0.1) is 10.5 Å². The summed E-state index contributed by atoms with van der Waals surface area (Å²) in [4.78, 5) is 11.2. The molecule has 3 nitrogen and oxygen atoms in total. The lowest BCUT2D eigenvalue weighted by Crippen LogP contribution is -2.06. The Morgan fingerprint density at radius 2 is 2.11 bits per heavy atom. The molecule has 0 saturated carbocycles. The highest BCUT2D eigenvalue weighted by Gasteiger charge is 2.15. The molecule has 0 spiro atoms. The molecular weight excluding hydrogens is 432 g/mol. The minimum absolute atomic E-state index is 0.208. The van der Waals surface area contributed by atoms with Crippen molar-refractivity contribution in [1.29, 1.82) is 0 Å². The fourth-order valence-corrected chi connectivity index (χ4v) is 3.00. The molecule has 94 valence electrons. The SMILES string of the molecule is Cc1cc(Br)c(-n2cc(I)cc2C(=O)O)cc1Cl. The number of carboxylic acids is 1. The van der Waals surface area contributed by atoms with Crippen LogP contribution in [0.2, 0.25) is 5.02 Å². The van der Waals surface area contributed by atoms with Gasteiger partial charge >= 0.3 is 5.97 Å². The number of aryl methyl sites for hydroxylation is 1. The van der Waals surface area contributed by atoms with Gasteiger partial charge in [0, 0.05) is 19.3 Å². The van der Waals surface area contributed by atoms with Crippen LogP contribution < -0.4 is 0 Å². The summed E-state index contributed by atoms with van der Waals surface area (Å²) in [6.07, 6.45) is 1.76. The van der Waals surface area contributed by atoms with Crippen molar-refractivity contribution in [2.24, 2.45) is 0 Å². The van der Waals surface area contributed by atoms with Crippen molar-refractivity contribution in [2.45, 2.75) is 6.92 Å². The zero-order valence-corrected chi connectivity index (χ0v) is 13.7. The second-order valence-electron chi connectivity index (χ2n) is 3.77. The molecule has 1 heterocycles. The van der Waals surface area contributed by atoms with E-state index in [0.29, 0.717) is 10.7 Å². The molecule has 1 aromatic heterocycles. The number of benzene rings is 1. The first-order chi connectivity index (χ1) is 8.40. The quantitative estimate of drug-likeness (QED) is 0.699. The van der Waals surface area contributed by atoms with Gasteiger partial charge in [0.15, 0.2) is 0 Å². The van der Waals surface area contributed by atoms with Crippen molar-refractivity contribution in [3.8, 4) is 5.69 Å². The maximum Gasteiger partial charge on any atom is 0.352 e. The van der Waals surface area contributed by atoms with E-state index in [1.807, 2.05) is 13.0 Å². The van der Waals surface area contributed by atoms with Crippen LogP contribution in [0.4, 0.5) is 0 Å². The number of carboxylic acid groups (broad SMARTS) is 1. The van der Waals surface area contributed by atoms with E-state index in [4.69, 9.17) is 11.6 Å². The predicted molar refractivity (Wildman–Crippen MR) is 82.9 cm³/mol. The van der Waals surface area contributed by atoms with Gasteiger partial charge in [-0.15, -0.1) is 0 Å². The first-order valence-corrected chi connectivity index (χ1v) is 7.22. The summed E-state index contributed by atoms with van der Waals surface area (Å²) in [6.45, 7) is 1.90. The molecule has 1 aromatic carbocycles. The fraction of sp³-hybridized carbons (Fsp3) is 0.0833. The van der Waals surface area contributed by atoms with E-state index in [1.165, 1.54) is 0 Å². The van der Waals surface area contributed by atoms with Crippen LogP contribution >= 0.6 is 50.1 Å². The molecule has 0 amide bonds. The Bertz CT molecular complexity index is 639. The van der Waals surface area contributed by atoms with Gasteiger partial charge in [-0.05, 0) is 69.2 Å². The number of hydrogen-bond acceptors (Lipinski definition) is 1. The molecule has 2 rings (SSSR count). The summed E-state index contributed by atoms with van der Waals surface area (Å²) in [5.74, 6) is -0.971. The highest BCUT2D eigenvalue weighted by atomic mass is 127. The van der Waals surface area contributed by atoms with Crippen LogP contribution in [0.3, 0.4) is 0 Å². The molecule has 0 fully saturated rings. The van der Waals surface area contributed by atoms with Crippen LogP contribution in [0.25, 0.3) is 5.69 Å². The lowest BCUT2D eigenvalue weighted by atomic mass is 10.2. The molecule has 0 saturated heterocycles. The molecule has 0 atom stereocenters. The Balaban J connectivity index is 2.69. The summed E-state index contributed by atoms with van der Waals surface area (Å²) in [5, 5.41) is 9.79. The highest BCUT2D eigenvalue weighted by Crippen LogP contribution is 2.30. The minimum atomic E-state index is -0.971. The third-order valence-corrected chi connectivity index (χ3v) is 4.13. The van der Waals surface area contributed by atoms with Crippen LogP contribution in [0.15, 0.2) is 28.9 Å². The van der Waals surface area contributed by atoms with Crippen LogP contribution in [-0.2, 0) is 0 Å². The topological polar surface area (TPSA) is 42.2 Å². The van der Waals surface area contributed by atoms with Crippen molar-refractivity contribution in [2.75, 3.05) is 0 Å². The molecule has 0 unspecified atom stereocenters. The molecule has 0 aliphatic carbocycles. The lowest BCUT2D eigenvalue weighted by Gasteiger charge is -2.10. The fourth-order valence-electron chi connectivity index (χ4n) is 1.61. The number of carbonyl (C=O) groups is 1. The van der Waals surface area contributed by atoms with Crippen molar-refractivity contribution in [1.82, 2.24) is 4.57 Å². The summed E-state index contributed by atoms with van der Waals surface area (Å²) in [5.41, 5.74) is 1.86. The van der Waals surface area contributed by atoms with E-state index in [9.17, 15) is 9.90 Å². The van der Waals surface area contributed by atoms with Gasteiger partial charge in [0.2, 0.25) is 0 Å². The molecule has 18 heavy (non-hydrogen) atoms. The van der Waals surface area contributed by atoms with Gasteiger partial charge in [-0.3, -0.25) is 0 Å². The summed E-state index contributed by atoms with van der Waals surface area (Å²) in [6, 6.07) is 5.24. The molecule has 1 N–H and O–H groups in total. The van der Waals surface area contributed by atoms with E-state index in [-0.39, 0.29) is 5.69 Å². The Morgan fingerprint density at radius 3 is 2.72 bits per heavy atom. The largest absolute Gasteiger partial charge is 0.477 e. The summed E-state index contributed by atoms with van der Waals surface area (Å²) < 4.78 is 3.27. The van der Waals surface area contributed by atoms with E-state index in [1.54, 1.807) is 22.9 Å². The minimum Gasteiger partial charge on any atom is -0.477 e. The molecular formula is C12H8BrClINO2. The first kappa shape index (κ1) is 13.9. The molecule has 2 aromatic rings. The van der Waals surface area contributed by atoms with Crippen molar-refractivity contribution in [3.05, 3.63) is 48.7 Å². The molecule has 0 aliphatic rings. The Kier molecular flexibility index (Phi) is 4.03. The van der Waals surface area contributed by atoms with E-state index >= 15 is 0 Å². The average molecular weight is 440 g/mol. The Hall–Kier alpha value is -0.530. The van der Waals surface area contributed by atoms with Crippen molar-refractivity contribution >= 4 is 56.1 Å². The second kappa shape index (κ2) is 5.22. The summed E-state index contributed by atoms with van der Waals surface area (Å²) in [7, 11) is 0. The van der Waals surface area contributed by atoms with Gasteiger partial charge in [-0.1, -0.05) is 11.6 Å². The van der Waals surface area contributed by atoms with Gasteiger partial charge in [0.1, 0.15) is 5.69 Å². The van der Waals surface area contributed by atoms with Gasteiger partial charge in [-0.2, -0.15) is 0 Å². The second-order valence-corrected chi connectivity index (χ2v) is 6.28. The average Bonchev–Trinajstić information content (AvgIpc) is 2.65. The van der Waals surface area contributed by atoms with Crippen LogP contribution in [0.1, 0.15) is 16.1 Å². The number of aromatic nitrogens is 1. The molecule has 0 aliphatic heterocycles. The van der Waals surface area contributed by atoms with Gasteiger partial charge < -0.3 is 9.67 Å². The zero-order chi connectivity index (χ0) is 13.4. The van der Waals surface area contributed by atoms with Crippen LogP contribution in [-0.4, -0.2) is 15.6 Å². The maximum atomic E-state index is 11.2. The number of nitrogens with zero attached hydrogens (tertiary/aromatic N) is 1. The number of rotatable bonds is 2. The van der Waals surface area contributed by atoms with Crippen LogP contribution in [0.5, 0.6) is 0 Å². The number of hydrogen-bond donors (Lipinski definition) is 1. The Morgan fingerprint density at radius 1 is 1.44 bits per heavy atom. The third-order valence-electron chi connectivity index (χ3n) is 2.49. The molecule has 6 heteroatoms. The van der Waals surface area contributed by atoms with E-state index in [0.717, 1.165) is 13.6 Å². The Labute approximate surface area is 131 Å². The third kappa shape index (κ3) is 2.57. The smallest absolute Gasteiger partial charge is 0.352 e. The van der Waals surface area contributed by atoms with Crippen molar-refractivity contribution < 1.29 is 9.90 Å². The van der Waals surface area contributed by atoms with Crippen molar-refractivity contribution in [3.63, 3.8) is 0 Å².